The van der Waals surface area contributed by atoms with Crippen LogP contribution in [0.3, 0.4) is 0 Å². The van der Waals surface area contributed by atoms with Crippen molar-refractivity contribution in [2.75, 3.05) is 5.32 Å². The second kappa shape index (κ2) is 6.11. The van der Waals surface area contributed by atoms with E-state index in [-0.39, 0.29) is 5.69 Å². The summed E-state index contributed by atoms with van der Waals surface area (Å²) < 4.78 is 1.75. The van der Waals surface area contributed by atoms with Gasteiger partial charge in [0.25, 0.3) is 5.69 Å². The number of hydrogen-bond acceptors (Lipinski definition) is 4. The van der Waals surface area contributed by atoms with Crippen molar-refractivity contribution in [3.05, 3.63) is 52.3 Å². The van der Waals surface area contributed by atoms with Gasteiger partial charge in [-0.3, -0.25) is 14.8 Å². The second-order valence-corrected chi connectivity index (χ2v) is 4.47. The monoisotopic (exact) mass is 291 g/mol. The molecule has 7 nitrogen and oxygen atoms in total. The van der Waals surface area contributed by atoms with E-state index in [0.29, 0.717) is 17.3 Å². The highest BCUT2D eigenvalue weighted by atomic mass is 32.1. The van der Waals surface area contributed by atoms with E-state index in [1.165, 1.54) is 12.1 Å². The second-order valence-electron chi connectivity index (χ2n) is 4.06. The van der Waals surface area contributed by atoms with E-state index in [0.717, 1.165) is 5.69 Å². The Morgan fingerprint density at radius 1 is 1.40 bits per heavy atom. The van der Waals surface area contributed by atoms with Crippen LogP contribution >= 0.6 is 12.2 Å². The van der Waals surface area contributed by atoms with Crippen LogP contribution in [-0.2, 0) is 13.6 Å². The fourth-order valence-corrected chi connectivity index (χ4v) is 1.78. The molecule has 0 amide bonds. The molecule has 0 atom stereocenters. The summed E-state index contributed by atoms with van der Waals surface area (Å²) in [7, 11) is 1.85. The van der Waals surface area contributed by atoms with E-state index in [4.69, 9.17) is 12.2 Å². The van der Waals surface area contributed by atoms with Crippen molar-refractivity contribution in [1.29, 1.82) is 0 Å². The van der Waals surface area contributed by atoms with Gasteiger partial charge in [0.1, 0.15) is 0 Å². The average Bonchev–Trinajstić information content (AvgIpc) is 2.82. The minimum atomic E-state index is -0.442. The Kier molecular flexibility index (Phi) is 4.26. The van der Waals surface area contributed by atoms with Crippen LogP contribution in [0.15, 0.2) is 36.5 Å². The van der Waals surface area contributed by atoms with Crippen LogP contribution in [0, 0.1) is 10.1 Å². The quantitative estimate of drug-likeness (QED) is 0.508. The first kappa shape index (κ1) is 13.9. The standard InChI is InChI=1S/C12H13N5O2S/c1-16-11(6-7-14-16)8-13-12(20)15-9-2-4-10(5-3-9)17(18)19/h2-7H,8H2,1H3,(H2,13,15,20). The smallest absolute Gasteiger partial charge is 0.269 e. The van der Waals surface area contributed by atoms with E-state index in [2.05, 4.69) is 15.7 Å². The molecule has 104 valence electrons. The molecule has 1 heterocycles. The number of hydrogen-bond donors (Lipinski definition) is 2. The van der Waals surface area contributed by atoms with E-state index < -0.39 is 4.92 Å². The number of anilines is 1. The predicted octanol–water partition coefficient (Wildman–Crippen LogP) is 1.81. The molecule has 0 fully saturated rings. The molecule has 2 rings (SSSR count). The van der Waals surface area contributed by atoms with Crippen LogP contribution in [0.5, 0.6) is 0 Å². The molecular weight excluding hydrogens is 278 g/mol. The fourth-order valence-electron chi connectivity index (χ4n) is 1.59. The Morgan fingerprint density at radius 3 is 2.65 bits per heavy atom. The summed E-state index contributed by atoms with van der Waals surface area (Å²) in [6, 6.07) is 7.95. The van der Waals surface area contributed by atoms with Crippen molar-refractivity contribution in [3.63, 3.8) is 0 Å². The zero-order valence-corrected chi connectivity index (χ0v) is 11.6. The highest BCUT2D eigenvalue weighted by molar-refractivity contribution is 7.80. The Balaban J connectivity index is 1.88. The van der Waals surface area contributed by atoms with Gasteiger partial charge >= 0.3 is 0 Å². The van der Waals surface area contributed by atoms with Crippen LogP contribution in [0.4, 0.5) is 11.4 Å². The number of thiocarbonyl (C=S) groups is 1. The molecule has 0 saturated carbocycles. The van der Waals surface area contributed by atoms with Gasteiger partial charge in [-0.1, -0.05) is 0 Å². The minimum absolute atomic E-state index is 0.0457. The molecule has 20 heavy (non-hydrogen) atoms. The SMILES string of the molecule is Cn1nccc1CNC(=S)Nc1ccc([N+](=O)[O-])cc1. The van der Waals surface area contributed by atoms with Gasteiger partial charge in [-0.25, -0.2) is 0 Å². The lowest BCUT2D eigenvalue weighted by Gasteiger charge is -2.10. The average molecular weight is 291 g/mol. The van der Waals surface area contributed by atoms with Crippen LogP contribution in [0.2, 0.25) is 0 Å². The van der Waals surface area contributed by atoms with Gasteiger partial charge in [0.05, 0.1) is 17.2 Å². The highest BCUT2D eigenvalue weighted by Gasteiger charge is 2.05. The zero-order chi connectivity index (χ0) is 14.5. The summed E-state index contributed by atoms with van der Waals surface area (Å²) in [5, 5.41) is 21.0. The number of nitrogens with zero attached hydrogens (tertiary/aromatic N) is 3. The molecule has 0 spiro atoms. The van der Waals surface area contributed by atoms with E-state index in [9.17, 15) is 10.1 Å². The number of rotatable bonds is 4. The summed E-state index contributed by atoms with van der Waals surface area (Å²) in [6.07, 6.45) is 1.71. The molecule has 2 aromatic rings. The van der Waals surface area contributed by atoms with Crippen molar-refractivity contribution < 1.29 is 4.92 Å². The van der Waals surface area contributed by atoms with Gasteiger partial charge in [0.15, 0.2) is 5.11 Å². The van der Waals surface area contributed by atoms with Gasteiger partial charge in [-0.15, -0.1) is 0 Å². The molecule has 8 heteroatoms. The fraction of sp³-hybridized carbons (Fsp3) is 0.167. The summed E-state index contributed by atoms with van der Waals surface area (Å²) in [6.45, 7) is 0.551. The summed E-state index contributed by atoms with van der Waals surface area (Å²) in [4.78, 5) is 10.1. The third-order valence-corrected chi connectivity index (χ3v) is 2.93. The summed E-state index contributed by atoms with van der Waals surface area (Å²) >= 11 is 5.15. The van der Waals surface area contributed by atoms with Crippen molar-refractivity contribution in [3.8, 4) is 0 Å². The van der Waals surface area contributed by atoms with Gasteiger partial charge in [-0.05, 0) is 30.4 Å². The number of nitro benzene ring substituents is 1. The Hall–Kier alpha value is -2.48. The summed E-state index contributed by atoms with van der Waals surface area (Å²) in [5.74, 6) is 0. The molecule has 0 bridgehead atoms. The van der Waals surface area contributed by atoms with Gasteiger partial charge in [0, 0.05) is 31.1 Å². The molecule has 0 unspecified atom stereocenters. The number of nitrogens with one attached hydrogen (secondary N) is 2. The van der Waals surface area contributed by atoms with E-state index >= 15 is 0 Å². The molecular formula is C12H13N5O2S. The highest BCUT2D eigenvalue weighted by Crippen LogP contribution is 2.15. The lowest BCUT2D eigenvalue weighted by Crippen LogP contribution is -2.28. The van der Waals surface area contributed by atoms with Crippen LogP contribution in [0.1, 0.15) is 5.69 Å². The Bertz CT molecular complexity index is 623. The maximum absolute atomic E-state index is 10.5. The number of nitro groups is 1. The van der Waals surface area contributed by atoms with Crippen molar-refractivity contribution in [2.24, 2.45) is 7.05 Å². The van der Waals surface area contributed by atoms with Gasteiger partial charge < -0.3 is 10.6 Å². The van der Waals surface area contributed by atoms with Crippen LogP contribution in [-0.4, -0.2) is 19.8 Å². The van der Waals surface area contributed by atoms with Crippen molar-refractivity contribution in [1.82, 2.24) is 15.1 Å². The van der Waals surface area contributed by atoms with E-state index in [1.807, 2.05) is 13.1 Å². The first-order valence-electron chi connectivity index (χ1n) is 5.82. The molecule has 0 aliphatic carbocycles. The minimum Gasteiger partial charge on any atom is -0.357 e. The first-order valence-corrected chi connectivity index (χ1v) is 6.23. The largest absolute Gasteiger partial charge is 0.357 e. The van der Waals surface area contributed by atoms with Gasteiger partial charge in [-0.2, -0.15) is 5.10 Å². The lowest BCUT2D eigenvalue weighted by molar-refractivity contribution is -0.384. The Labute approximate surface area is 120 Å². The molecule has 0 saturated heterocycles. The topological polar surface area (TPSA) is 85.0 Å². The third-order valence-electron chi connectivity index (χ3n) is 2.69. The van der Waals surface area contributed by atoms with E-state index in [1.54, 1.807) is 23.0 Å². The molecule has 1 aromatic carbocycles. The number of benzene rings is 1. The van der Waals surface area contributed by atoms with Crippen LogP contribution in [0.25, 0.3) is 0 Å². The number of non-ortho nitro benzene ring substituents is 1. The maximum atomic E-state index is 10.5. The predicted molar refractivity (Wildman–Crippen MR) is 79.4 cm³/mol. The molecule has 0 radical (unpaired) electrons. The van der Waals surface area contributed by atoms with Crippen molar-refractivity contribution in [2.45, 2.75) is 6.54 Å². The maximum Gasteiger partial charge on any atom is 0.269 e. The third kappa shape index (κ3) is 3.51. The molecule has 0 aliphatic heterocycles. The molecule has 0 aliphatic rings. The number of aryl methyl sites for hydroxylation is 1. The first-order chi connectivity index (χ1) is 9.56. The normalized spacial score (nSPS) is 10.1. The zero-order valence-electron chi connectivity index (χ0n) is 10.7. The number of aromatic nitrogens is 2. The summed E-state index contributed by atoms with van der Waals surface area (Å²) in [5.41, 5.74) is 1.74. The molecule has 2 N–H and O–H groups in total. The molecule has 1 aromatic heterocycles. The van der Waals surface area contributed by atoms with Crippen molar-refractivity contribution >= 4 is 28.7 Å². The van der Waals surface area contributed by atoms with Crippen LogP contribution < -0.4 is 10.6 Å². The Morgan fingerprint density at radius 2 is 2.10 bits per heavy atom. The van der Waals surface area contributed by atoms with Gasteiger partial charge in [0.2, 0.25) is 0 Å². The lowest BCUT2D eigenvalue weighted by atomic mass is 10.3.